The molecule has 0 aromatic carbocycles. The molecule has 0 bridgehead atoms. The van der Waals surface area contributed by atoms with Crippen molar-refractivity contribution in [1.29, 1.82) is 0 Å². The lowest BCUT2D eigenvalue weighted by Crippen LogP contribution is -2.30. The molecule has 0 fully saturated rings. The van der Waals surface area contributed by atoms with Crippen LogP contribution in [-0.2, 0) is 9.59 Å². The Labute approximate surface area is 74.6 Å². The van der Waals surface area contributed by atoms with Crippen LogP contribution in [0.4, 0.5) is 0 Å². The molecule has 1 heterocycles. The van der Waals surface area contributed by atoms with Crippen LogP contribution in [0.25, 0.3) is 0 Å². The Morgan fingerprint density at radius 1 is 1.54 bits per heavy atom. The van der Waals surface area contributed by atoms with Gasteiger partial charge in [-0.05, 0) is 0 Å². The molecule has 1 atom stereocenters. The molecule has 0 radical (unpaired) electrons. The summed E-state index contributed by atoms with van der Waals surface area (Å²) < 4.78 is 0. The van der Waals surface area contributed by atoms with Crippen LogP contribution < -0.4 is 11.1 Å². The van der Waals surface area contributed by atoms with Crippen LogP contribution in [-0.4, -0.2) is 23.0 Å². The van der Waals surface area contributed by atoms with E-state index in [1.165, 1.54) is 0 Å². The number of terminal acetylenes is 1. The number of hydrogen-bond donors (Lipinski definition) is 3. The van der Waals surface area contributed by atoms with E-state index in [1.54, 1.807) is 0 Å². The number of nitrogens with two attached hydrogens (primary N) is 1. The van der Waals surface area contributed by atoms with E-state index in [1.807, 2.05) is 5.32 Å². The maximum absolute atomic E-state index is 11.0. The standard InChI is InChI=1S/C8H8N2O3/c1-2-3-4(9)5-6(11)8(13)10-7(5)12/h1,4H,3,9H2,(H2,10,11,12,13)/t4-/m0/s1. The molecule has 68 valence electrons. The number of hydrogen-bond acceptors (Lipinski definition) is 4. The molecule has 0 aromatic heterocycles. The van der Waals surface area contributed by atoms with Gasteiger partial charge in [0.2, 0.25) is 0 Å². The molecule has 0 aliphatic carbocycles. The van der Waals surface area contributed by atoms with Gasteiger partial charge in [0.15, 0.2) is 5.76 Å². The Morgan fingerprint density at radius 3 is 2.54 bits per heavy atom. The van der Waals surface area contributed by atoms with Gasteiger partial charge in [0, 0.05) is 12.5 Å². The highest BCUT2D eigenvalue weighted by atomic mass is 16.3. The minimum atomic E-state index is -0.826. The molecule has 13 heavy (non-hydrogen) atoms. The predicted octanol–water partition coefficient (Wildman–Crippen LogP) is -1.19. The van der Waals surface area contributed by atoms with E-state index in [0.717, 1.165) is 0 Å². The van der Waals surface area contributed by atoms with Gasteiger partial charge >= 0.3 is 0 Å². The highest BCUT2D eigenvalue weighted by molar-refractivity contribution is 6.18. The maximum Gasteiger partial charge on any atom is 0.293 e. The van der Waals surface area contributed by atoms with Crippen LogP contribution in [0.5, 0.6) is 0 Å². The summed E-state index contributed by atoms with van der Waals surface area (Å²) in [6.45, 7) is 0. The molecule has 0 spiro atoms. The van der Waals surface area contributed by atoms with Gasteiger partial charge in [-0.25, -0.2) is 0 Å². The number of aliphatic hydroxyl groups excluding tert-OH is 1. The van der Waals surface area contributed by atoms with Crippen LogP contribution >= 0.6 is 0 Å². The molecule has 0 aromatic rings. The summed E-state index contributed by atoms with van der Waals surface area (Å²) in [5.41, 5.74) is 5.32. The third-order valence-electron chi connectivity index (χ3n) is 1.65. The minimum Gasteiger partial charge on any atom is -0.503 e. The minimum absolute atomic E-state index is 0.0973. The summed E-state index contributed by atoms with van der Waals surface area (Å²) in [7, 11) is 0. The van der Waals surface area contributed by atoms with Crippen molar-refractivity contribution < 1.29 is 14.7 Å². The summed E-state index contributed by atoms with van der Waals surface area (Å²) >= 11 is 0. The lowest BCUT2D eigenvalue weighted by Gasteiger charge is -2.06. The maximum atomic E-state index is 11.0. The van der Waals surface area contributed by atoms with Crippen molar-refractivity contribution in [2.45, 2.75) is 12.5 Å². The second-order valence-electron chi connectivity index (χ2n) is 2.56. The molecular formula is C8H8N2O3. The van der Waals surface area contributed by atoms with Crippen molar-refractivity contribution in [3.05, 3.63) is 11.3 Å². The molecule has 4 N–H and O–H groups in total. The molecule has 2 amide bonds. The van der Waals surface area contributed by atoms with E-state index in [9.17, 15) is 9.59 Å². The van der Waals surface area contributed by atoms with E-state index < -0.39 is 23.6 Å². The average molecular weight is 180 g/mol. The van der Waals surface area contributed by atoms with Gasteiger partial charge in [-0.2, -0.15) is 0 Å². The molecule has 0 unspecified atom stereocenters. The van der Waals surface area contributed by atoms with Crippen molar-refractivity contribution in [1.82, 2.24) is 5.32 Å². The van der Waals surface area contributed by atoms with Gasteiger partial charge in [0.1, 0.15) is 0 Å². The topological polar surface area (TPSA) is 92.4 Å². The highest BCUT2D eigenvalue weighted by Gasteiger charge is 2.33. The number of nitrogens with one attached hydrogen (secondary N) is 1. The molecule has 1 aliphatic rings. The Bertz CT molecular complexity index is 338. The fourth-order valence-electron chi connectivity index (χ4n) is 1.03. The zero-order chi connectivity index (χ0) is 10.0. The predicted molar refractivity (Wildman–Crippen MR) is 44.2 cm³/mol. The zero-order valence-corrected chi connectivity index (χ0v) is 6.70. The fraction of sp³-hybridized carbons (Fsp3) is 0.250. The summed E-state index contributed by atoms with van der Waals surface area (Å²) in [5, 5.41) is 11.0. The first-order valence-corrected chi connectivity index (χ1v) is 3.55. The summed E-state index contributed by atoms with van der Waals surface area (Å²) in [6, 6.07) is -0.795. The van der Waals surface area contributed by atoms with Gasteiger partial charge in [0.05, 0.1) is 5.57 Å². The molecular weight excluding hydrogens is 172 g/mol. The van der Waals surface area contributed by atoms with Crippen molar-refractivity contribution in [2.75, 3.05) is 0 Å². The van der Waals surface area contributed by atoms with Crippen molar-refractivity contribution in [2.24, 2.45) is 5.73 Å². The van der Waals surface area contributed by atoms with Crippen molar-refractivity contribution in [3.8, 4) is 12.3 Å². The average Bonchev–Trinajstić information content (AvgIpc) is 2.27. The van der Waals surface area contributed by atoms with Gasteiger partial charge < -0.3 is 10.8 Å². The quantitative estimate of drug-likeness (QED) is 0.368. The molecule has 0 saturated heterocycles. The first kappa shape index (κ1) is 9.29. The number of aliphatic hydroxyl groups is 1. The third-order valence-corrected chi connectivity index (χ3v) is 1.65. The van der Waals surface area contributed by atoms with Gasteiger partial charge in [0.25, 0.3) is 11.8 Å². The third kappa shape index (κ3) is 1.53. The van der Waals surface area contributed by atoms with Crippen molar-refractivity contribution in [3.63, 3.8) is 0 Å². The number of carbonyl (C=O) groups is 2. The van der Waals surface area contributed by atoms with Crippen LogP contribution in [0.2, 0.25) is 0 Å². The van der Waals surface area contributed by atoms with E-state index >= 15 is 0 Å². The van der Waals surface area contributed by atoms with E-state index in [0.29, 0.717) is 0 Å². The molecule has 1 rings (SSSR count). The second-order valence-corrected chi connectivity index (χ2v) is 2.56. The Kier molecular flexibility index (Phi) is 2.35. The Hall–Kier alpha value is -1.80. The first-order valence-electron chi connectivity index (χ1n) is 3.55. The van der Waals surface area contributed by atoms with Crippen LogP contribution in [0, 0.1) is 12.3 Å². The number of rotatable bonds is 2. The largest absolute Gasteiger partial charge is 0.503 e. The van der Waals surface area contributed by atoms with Gasteiger partial charge in [-0.15, -0.1) is 12.3 Å². The van der Waals surface area contributed by atoms with Crippen LogP contribution in [0.1, 0.15) is 6.42 Å². The van der Waals surface area contributed by atoms with Gasteiger partial charge in [-0.1, -0.05) is 0 Å². The normalized spacial score (nSPS) is 18.5. The summed E-state index contributed by atoms with van der Waals surface area (Å²) in [6.07, 6.45) is 5.07. The summed E-state index contributed by atoms with van der Waals surface area (Å²) in [5.74, 6) is 0.105. The smallest absolute Gasteiger partial charge is 0.293 e. The first-order chi connectivity index (χ1) is 6.07. The Morgan fingerprint density at radius 2 is 2.15 bits per heavy atom. The lowest BCUT2D eigenvalue weighted by molar-refractivity contribution is -0.125. The monoisotopic (exact) mass is 180 g/mol. The molecule has 5 nitrogen and oxygen atoms in total. The second kappa shape index (κ2) is 3.29. The fourth-order valence-corrected chi connectivity index (χ4v) is 1.03. The molecule has 0 saturated carbocycles. The number of imide groups is 1. The van der Waals surface area contributed by atoms with Crippen LogP contribution in [0.15, 0.2) is 11.3 Å². The zero-order valence-electron chi connectivity index (χ0n) is 6.70. The van der Waals surface area contributed by atoms with Gasteiger partial charge in [-0.3, -0.25) is 14.9 Å². The number of carbonyl (C=O) groups excluding carboxylic acids is 2. The van der Waals surface area contributed by atoms with E-state index in [4.69, 9.17) is 17.3 Å². The highest BCUT2D eigenvalue weighted by Crippen LogP contribution is 2.14. The van der Waals surface area contributed by atoms with Crippen LogP contribution in [0.3, 0.4) is 0 Å². The number of amides is 2. The van der Waals surface area contributed by atoms with Crippen molar-refractivity contribution >= 4 is 11.8 Å². The van der Waals surface area contributed by atoms with E-state index in [-0.39, 0.29) is 12.0 Å². The molecule has 5 heteroatoms. The van der Waals surface area contributed by atoms with E-state index in [2.05, 4.69) is 5.92 Å². The SMILES string of the molecule is C#CC[C@H](N)C1=C(O)C(=O)NC1=O. The molecule has 1 aliphatic heterocycles. The lowest BCUT2D eigenvalue weighted by atomic mass is 10.1. The summed E-state index contributed by atoms with van der Waals surface area (Å²) in [4.78, 5) is 21.8. The Balaban J connectivity index is 2.96.